The zero-order valence-electron chi connectivity index (χ0n) is 15.8. The van der Waals surface area contributed by atoms with Gasteiger partial charge in [-0.25, -0.2) is 4.39 Å². The lowest BCUT2D eigenvalue weighted by atomic mass is 9.93. The van der Waals surface area contributed by atoms with Crippen LogP contribution in [0.2, 0.25) is 0 Å². The van der Waals surface area contributed by atoms with E-state index in [1.807, 2.05) is 28.0 Å². The molecule has 28 heavy (non-hydrogen) atoms. The Balaban J connectivity index is 1.49. The third-order valence-electron chi connectivity index (χ3n) is 5.55. The van der Waals surface area contributed by atoms with Crippen molar-refractivity contribution in [1.29, 1.82) is 0 Å². The third kappa shape index (κ3) is 3.44. The van der Waals surface area contributed by atoms with Gasteiger partial charge in [0.2, 0.25) is 11.8 Å². The molecule has 6 nitrogen and oxygen atoms in total. The maximum Gasteiger partial charge on any atom is 0.233 e. The highest BCUT2D eigenvalue weighted by Gasteiger charge is 2.36. The van der Waals surface area contributed by atoms with Crippen LogP contribution in [0.1, 0.15) is 24.1 Å². The van der Waals surface area contributed by atoms with Crippen molar-refractivity contribution in [2.45, 2.75) is 19.4 Å². The molecule has 2 aliphatic rings. The van der Waals surface area contributed by atoms with Gasteiger partial charge in [0, 0.05) is 52.4 Å². The molecule has 3 heterocycles. The molecule has 4 rings (SSSR count). The second-order valence-electron chi connectivity index (χ2n) is 7.26. The molecule has 2 amide bonds. The van der Waals surface area contributed by atoms with Crippen LogP contribution >= 0.6 is 0 Å². The van der Waals surface area contributed by atoms with Gasteiger partial charge in [-0.3, -0.25) is 14.6 Å². The predicted molar refractivity (Wildman–Crippen MR) is 103 cm³/mol. The molecule has 0 spiro atoms. The summed E-state index contributed by atoms with van der Waals surface area (Å²) in [4.78, 5) is 35.1. The first kappa shape index (κ1) is 18.4. The van der Waals surface area contributed by atoms with Crippen LogP contribution in [0.5, 0.6) is 0 Å². The summed E-state index contributed by atoms with van der Waals surface area (Å²) in [5.74, 6) is -0.755. The Kier molecular flexibility index (Phi) is 4.98. The van der Waals surface area contributed by atoms with E-state index in [0.717, 1.165) is 11.3 Å². The standard InChI is InChI=1S/C21H23FN4O2/c1-15(27)26-13-16-5-4-8-23-20(16)17(14-26)21(28)25-11-9-24(10-12-25)19-7-3-2-6-18(19)22/h2-8,17H,9-14H2,1H3. The highest BCUT2D eigenvalue weighted by molar-refractivity contribution is 5.86. The van der Waals surface area contributed by atoms with Crippen molar-refractivity contribution in [3.8, 4) is 0 Å². The van der Waals surface area contributed by atoms with Crippen molar-refractivity contribution in [1.82, 2.24) is 14.8 Å². The number of fused-ring (bicyclic) bond motifs is 1. The van der Waals surface area contributed by atoms with Crippen molar-refractivity contribution in [2.24, 2.45) is 0 Å². The summed E-state index contributed by atoms with van der Waals surface area (Å²) in [6.45, 7) is 4.55. The first-order valence-electron chi connectivity index (χ1n) is 9.52. The lowest BCUT2D eigenvalue weighted by Gasteiger charge is -2.39. The Morgan fingerprint density at radius 2 is 1.79 bits per heavy atom. The highest BCUT2D eigenvalue weighted by atomic mass is 19.1. The largest absolute Gasteiger partial charge is 0.366 e. The molecule has 0 radical (unpaired) electrons. The Labute approximate surface area is 163 Å². The molecule has 0 N–H and O–H groups in total. The molecular weight excluding hydrogens is 359 g/mol. The number of pyridine rings is 1. The molecule has 0 saturated carbocycles. The minimum absolute atomic E-state index is 0.0147. The number of anilines is 1. The Morgan fingerprint density at radius 3 is 2.50 bits per heavy atom. The summed E-state index contributed by atoms with van der Waals surface area (Å²) in [6, 6.07) is 10.5. The molecule has 2 aromatic rings. The van der Waals surface area contributed by atoms with Crippen molar-refractivity contribution >= 4 is 17.5 Å². The van der Waals surface area contributed by atoms with E-state index in [9.17, 15) is 14.0 Å². The molecule has 7 heteroatoms. The summed E-state index contributed by atoms with van der Waals surface area (Å²) in [5.41, 5.74) is 2.26. The molecule has 1 aromatic heterocycles. The van der Waals surface area contributed by atoms with E-state index in [1.165, 1.54) is 13.0 Å². The Hall–Kier alpha value is -2.96. The zero-order chi connectivity index (χ0) is 19.7. The van der Waals surface area contributed by atoms with Gasteiger partial charge in [0.05, 0.1) is 17.3 Å². The monoisotopic (exact) mass is 382 g/mol. The van der Waals surface area contributed by atoms with E-state index in [-0.39, 0.29) is 17.6 Å². The number of hydrogen-bond donors (Lipinski definition) is 0. The number of carbonyl (C=O) groups excluding carboxylic acids is 2. The number of piperazine rings is 1. The van der Waals surface area contributed by atoms with Crippen LogP contribution in [0.15, 0.2) is 42.6 Å². The minimum atomic E-state index is -0.450. The minimum Gasteiger partial charge on any atom is -0.366 e. The summed E-state index contributed by atoms with van der Waals surface area (Å²) < 4.78 is 14.0. The van der Waals surface area contributed by atoms with Gasteiger partial charge in [0.25, 0.3) is 0 Å². The molecule has 1 aromatic carbocycles. The van der Waals surface area contributed by atoms with E-state index in [2.05, 4.69) is 4.98 Å². The first-order chi connectivity index (χ1) is 13.5. The fraction of sp³-hybridized carbons (Fsp3) is 0.381. The lowest BCUT2D eigenvalue weighted by Crippen LogP contribution is -2.52. The number of halogens is 1. The summed E-state index contributed by atoms with van der Waals surface area (Å²) in [7, 11) is 0. The molecule has 1 atom stereocenters. The second-order valence-corrected chi connectivity index (χ2v) is 7.26. The number of benzene rings is 1. The predicted octanol–water partition coefficient (Wildman–Crippen LogP) is 2.02. The topological polar surface area (TPSA) is 56.8 Å². The van der Waals surface area contributed by atoms with Gasteiger partial charge in [-0.05, 0) is 23.8 Å². The smallest absolute Gasteiger partial charge is 0.233 e. The van der Waals surface area contributed by atoms with Crippen molar-refractivity contribution in [3.05, 3.63) is 59.7 Å². The molecule has 1 saturated heterocycles. The fourth-order valence-electron chi connectivity index (χ4n) is 4.01. The summed E-state index contributed by atoms with van der Waals surface area (Å²) in [6.07, 6.45) is 1.69. The molecule has 1 unspecified atom stereocenters. The van der Waals surface area contributed by atoms with Crippen LogP contribution in [0, 0.1) is 5.82 Å². The summed E-state index contributed by atoms with van der Waals surface area (Å²) >= 11 is 0. The van der Waals surface area contributed by atoms with E-state index in [4.69, 9.17) is 0 Å². The van der Waals surface area contributed by atoms with Gasteiger partial charge in [-0.2, -0.15) is 0 Å². The van der Waals surface area contributed by atoms with Gasteiger partial charge in [0.15, 0.2) is 0 Å². The number of carbonyl (C=O) groups is 2. The van der Waals surface area contributed by atoms with Crippen LogP contribution in [0.3, 0.4) is 0 Å². The van der Waals surface area contributed by atoms with Crippen LogP contribution in [0.25, 0.3) is 0 Å². The SMILES string of the molecule is CC(=O)N1Cc2cccnc2C(C(=O)N2CCN(c3ccccc3F)CC2)C1. The normalized spacial score (nSPS) is 19.4. The molecular formula is C21H23FN4O2. The number of para-hydroxylation sites is 1. The van der Waals surface area contributed by atoms with Gasteiger partial charge < -0.3 is 14.7 Å². The first-order valence-corrected chi connectivity index (χ1v) is 9.52. The molecule has 1 fully saturated rings. The molecule has 2 aliphatic heterocycles. The molecule has 0 bridgehead atoms. The number of hydrogen-bond acceptors (Lipinski definition) is 4. The average molecular weight is 382 g/mol. The Morgan fingerprint density at radius 1 is 1.04 bits per heavy atom. The quantitative estimate of drug-likeness (QED) is 0.797. The van der Waals surface area contributed by atoms with Gasteiger partial charge in [-0.15, -0.1) is 0 Å². The highest BCUT2D eigenvalue weighted by Crippen LogP contribution is 2.29. The van der Waals surface area contributed by atoms with Crippen molar-refractivity contribution in [2.75, 3.05) is 37.6 Å². The number of rotatable bonds is 2. The van der Waals surface area contributed by atoms with E-state index >= 15 is 0 Å². The number of nitrogens with zero attached hydrogens (tertiary/aromatic N) is 4. The van der Waals surface area contributed by atoms with Gasteiger partial charge in [0.1, 0.15) is 5.82 Å². The van der Waals surface area contributed by atoms with Crippen LogP contribution < -0.4 is 4.90 Å². The van der Waals surface area contributed by atoms with Gasteiger partial charge in [-0.1, -0.05) is 18.2 Å². The molecule has 0 aliphatic carbocycles. The van der Waals surface area contributed by atoms with Gasteiger partial charge >= 0.3 is 0 Å². The lowest BCUT2D eigenvalue weighted by molar-refractivity contribution is -0.136. The molecule has 146 valence electrons. The van der Waals surface area contributed by atoms with Crippen molar-refractivity contribution < 1.29 is 14.0 Å². The van der Waals surface area contributed by atoms with Crippen LogP contribution in [-0.4, -0.2) is 59.3 Å². The number of amides is 2. The van der Waals surface area contributed by atoms with Crippen LogP contribution in [0.4, 0.5) is 10.1 Å². The van der Waals surface area contributed by atoms with E-state index < -0.39 is 5.92 Å². The average Bonchev–Trinajstić information content (AvgIpc) is 2.73. The second kappa shape index (κ2) is 7.58. The van der Waals surface area contributed by atoms with Crippen molar-refractivity contribution in [3.63, 3.8) is 0 Å². The van der Waals surface area contributed by atoms with E-state index in [0.29, 0.717) is 45.0 Å². The number of aromatic nitrogens is 1. The maximum absolute atomic E-state index is 14.0. The fourth-order valence-corrected chi connectivity index (χ4v) is 4.01. The van der Waals surface area contributed by atoms with E-state index in [1.54, 1.807) is 23.2 Å². The summed E-state index contributed by atoms with van der Waals surface area (Å²) in [5, 5.41) is 0. The Bertz CT molecular complexity index is 895. The zero-order valence-corrected chi connectivity index (χ0v) is 15.8. The maximum atomic E-state index is 14.0. The van der Waals surface area contributed by atoms with Crippen LogP contribution in [-0.2, 0) is 16.1 Å². The third-order valence-corrected chi connectivity index (χ3v) is 5.55.